The first-order valence-corrected chi connectivity index (χ1v) is 16.9. The van der Waals surface area contributed by atoms with Crippen molar-refractivity contribution in [1.82, 2.24) is 10.3 Å². The van der Waals surface area contributed by atoms with Gasteiger partial charge in [-0.15, -0.1) is 0 Å². The number of carbonyl (C=O) groups excluding carboxylic acids is 3. The van der Waals surface area contributed by atoms with Crippen LogP contribution < -0.4 is 24.8 Å². The maximum Gasteiger partial charge on any atom is 0.246 e. The maximum atomic E-state index is 13.1. The Bertz CT molecular complexity index is 1910. The standard InChI is InChI=1S/C37H37Cl2N5O5/c1-24-21-31(43-17-19-48-20-18-43)27-5-3-6-32(37(27)41-24)49-23-28-29(38)13-14-30(36(28)39)42(2)35(47)22-40-33(45)15-10-25-8-11-26(12-9-25)44-16-4-7-34(44)46/h3,5-6,8-15,21H,4,7,16-20,22-23H2,1-2H3,(H,40,45)/b15-10+. The highest BCUT2D eigenvalue weighted by atomic mass is 35.5. The van der Waals surface area contributed by atoms with Crippen LogP contribution in [0.4, 0.5) is 17.1 Å². The number of hydrogen-bond acceptors (Lipinski definition) is 7. The summed E-state index contributed by atoms with van der Waals surface area (Å²) in [6.07, 6.45) is 4.43. The van der Waals surface area contributed by atoms with E-state index in [0.717, 1.165) is 53.0 Å². The van der Waals surface area contributed by atoms with Gasteiger partial charge in [0.2, 0.25) is 17.7 Å². The third-order valence-corrected chi connectivity index (χ3v) is 9.43. The molecule has 3 aromatic carbocycles. The van der Waals surface area contributed by atoms with Crippen molar-refractivity contribution < 1.29 is 23.9 Å². The molecule has 0 saturated carbocycles. The van der Waals surface area contributed by atoms with Crippen LogP contribution in [0.3, 0.4) is 0 Å². The Morgan fingerprint density at radius 3 is 2.57 bits per heavy atom. The molecule has 1 aromatic heterocycles. The number of hydrogen-bond donors (Lipinski definition) is 1. The summed E-state index contributed by atoms with van der Waals surface area (Å²) in [5.74, 6) is -0.0888. The highest BCUT2D eigenvalue weighted by molar-refractivity contribution is 6.38. The summed E-state index contributed by atoms with van der Waals surface area (Å²) < 4.78 is 11.8. The number of pyridine rings is 1. The summed E-state index contributed by atoms with van der Waals surface area (Å²) >= 11 is 13.4. The lowest BCUT2D eigenvalue weighted by atomic mass is 10.1. The number of fused-ring (bicyclic) bond motifs is 1. The van der Waals surface area contributed by atoms with Gasteiger partial charge in [-0.05, 0) is 61.4 Å². The van der Waals surface area contributed by atoms with E-state index in [4.69, 9.17) is 37.7 Å². The van der Waals surface area contributed by atoms with Gasteiger partial charge in [0.05, 0.1) is 30.5 Å². The van der Waals surface area contributed by atoms with E-state index in [1.807, 2.05) is 49.4 Å². The van der Waals surface area contributed by atoms with Crippen LogP contribution in [0.1, 0.15) is 29.7 Å². The molecule has 0 spiro atoms. The summed E-state index contributed by atoms with van der Waals surface area (Å²) in [4.78, 5) is 47.8. The van der Waals surface area contributed by atoms with Gasteiger partial charge in [-0.1, -0.05) is 47.5 Å². The number of benzene rings is 3. The molecule has 6 rings (SSSR count). The molecule has 2 aliphatic heterocycles. The molecular formula is C37H37Cl2N5O5. The molecule has 2 saturated heterocycles. The van der Waals surface area contributed by atoms with E-state index in [1.165, 1.54) is 11.0 Å². The van der Waals surface area contributed by atoms with Crippen LogP contribution in [-0.2, 0) is 25.7 Å². The van der Waals surface area contributed by atoms with Gasteiger partial charge in [0.25, 0.3) is 0 Å². The van der Waals surface area contributed by atoms with Gasteiger partial charge in [0.15, 0.2) is 0 Å². The normalized spacial score (nSPS) is 14.9. The molecule has 0 unspecified atom stereocenters. The molecule has 0 radical (unpaired) electrons. The molecule has 2 fully saturated rings. The van der Waals surface area contributed by atoms with Crippen LogP contribution in [-0.4, -0.2) is 69.1 Å². The van der Waals surface area contributed by atoms with Gasteiger partial charge >= 0.3 is 0 Å². The molecule has 10 nitrogen and oxygen atoms in total. The van der Waals surface area contributed by atoms with E-state index >= 15 is 0 Å². The largest absolute Gasteiger partial charge is 0.487 e. The number of ether oxygens (including phenoxy) is 2. The maximum absolute atomic E-state index is 13.1. The fourth-order valence-corrected chi connectivity index (χ4v) is 6.58. The van der Waals surface area contributed by atoms with Crippen molar-refractivity contribution in [3.8, 4) is 5.75 Å². The number of carbonyl (C=O) groups is 3. The number of likely N-dealkylation sites (N-methyl/N-ethyl adjacent to an activating group) is 1. The fraction of sp³-hybridized carbons (Fsp3) is 0.297. The van der Waals surface area contributed by atoms with Crippen molar-refractivity contribution in [2.45, 2.75) is 26.4 Å². The Labute approximate surface area is 295 Å². The smallest absolute Gasteiger partial charge is 0.246 e. The lowest BCUT2D eigenvalue weighted by Gasteiger charge is -2.30. The van der Waals surface area contributed by atoms with Gasteiger partial charge in [0, 0.05) is 72.2 Å². The number of halogens is 2. The molecule has 2 aliphatic rings. The van der Waals surface area contributed by atoms with Gasteiger partial charge in [0.1, 0.15) is 17.9 Å². The second kappa shape index (κ2) is 15.3. The van der Waals surface area contributed by atoms with Gasteiger partial charge in [-0.3, -0.25) is 14.4 Å². The number of nitrogens with zero attached hydrogens (tertiary/aromatic N) is 4. The van der Waals surface area contributed by atoms with Crippen molar-refractivity contribution in [3.05, 3.63) is 93.6 Å². The van der Waals surface area contributed by atoms with Crippen LogP contribution >= 0.6 is 23.2 Å². The number of aryl methyl sites for hydroxylation is 1. The summed E-state index contributed by atoms with van der Waals surface area (Å²) in [6.45, 7) is 5.42. The Morgan fingerprint density at radius 2 is 1.84 bits per heavy atom. The van der Waals surface area contributed by atoms with Crippen LogP contribution in [0.15, 0.2) is 66.7 Å². The van der Waals surface area contributed by atoms with E-state index in [2.05, 4.69) is 16.3 Å². The molecule has 4 aromatic rings. The van der Waals surface area contributed by atoms with Crippen molar-refractivity contribution in [2.75, 3.05) is 61.1 Å². The monoisotopic (exact) mass is 701 g/mol. The molecule has 3 heterocycles. The van der Waals surface area contributed by atoms with Crippen LogP contribution in [0.25, 0.3) is 17.0 Å². The van der Waals surface area contributed by atoms with Gasteiger partial charge in [-0.2, -0.15) is 0 Å². The topological polar surface area (TPSA) is 104 Å². The average molecular weight is 703 g/mol. The van der Waals surface area contributed by atoms with E-state index in [1.54, 1.807) is 30.2 Å². The van der Waals surface area contributed by atoms with Crippen molar-refractivity contribution >= 4 is 75.0 Å². The molecule has 0 aliphatic carbocycles. The first-order chi connectivity index (χ1) is 23.7. The summed E-state index contributed by atoms with van der Waals surface area (Å²) in [7, 11) is 1.58. The minimum Gasteiger partial charge on any atom is -0.487 e. The third kappa shape index (κ3) is 7.83. The predicted molar refractivity (Wildman–Crippen MR) is 194 cm³/mol. The molecule has 3 amide bonds. The highest BCUT2D eigenvalue weighted by Gasteiger charge is 2.22. The number of anilines is 3. The molecular weight excluding hydrogens is 665 g/mol. The Kier molecular flexibility index (Phi) is 10.7. The van der Waals surface area contributed by atoms with E-state index < -0.39 is 5.91 Å². The van der Waals surface area contributed by atoms with Crippen molar-refractivity contribution in [2.24, 2.45) is 0 Å². The molecule has 0 bridgehead atoms. The molecule has 12 heteroatoms. The van der Waals surface area contributed by atoms with E-state index in [9.17, 15) is 14.4 Å². The van der Waals surface area contributed by atoms with E-state index in [-0.39, 0.29) is 30.0 Å². The zero-order chi connectivity index (χ0) is 34.5. The Morgan fingerprint density at radius 1 is 1.06 bits per heavy atom. The number of rotatable bonds is 10. The van der Waals surface area contributed by atoms with Crippen molar-refractivity contribution in [1.29, 1.82) is 0 Å². The molecule has 1 N–H and O–H groups in total. The molecule has 254 valence electrons. The number of para-hydroxylation sites is 1. The highest BCUT2D eigenvalue weighted by Crippen LogP contribution is 2.37. The van der Waals surface area contributed by atoms with Crippen LogP contribution in [0.2, 0.25) is 10.0 Å². The third-order valence-electron chi connectivity index (χ3n) is 8.65. The van der Waals surface area contributed by atoms with E-state index in [0.29, 0.717) is 48.2 Å². The number of nitrogens with one attached hydrogen (secondary N) is 1. The first kappa shape index (κ1) is 34.2. The first-order valence-electron chi connectivity index (χ1n) is 16.1. The van der Waals surface area contributed by atoms with Crippen LogP contribution in [0.5, 0.6) is 5.75 Å². The predicted octanol–water partition coefficient (Wildman–Crippen LogP) is 6.18. The lowest BCUT2D eigenvalue weighted by Crippen LogP contribution is -2.37. The second-order valence-corrected chi connectivity index (χ2v) is 12.7. The number of amides is 3. The molecule has 0 atom stereocenters. The second-order valence-electron chi connectivity index (χ2n) is 11.9. The minimum absolute atomic E-state index is 0.0476. The zero-order valence-corrected chi connectivity index (χ0v) is 28.9. The van der Waals surface area contributed by atoms with Crippen molar-refractivity contribution in [3.63, 3.8) is 0 Å². The average Bonchev–Trinajstić information content (AvgIpc) is 3.55. The van der Waals surface area contributed by atoms with Crippen LogP contribution in [0, 0.1) is 6.92 Å². The number of aromatic nitrogens is 1. The summed E-state index contributed by atoms with van der Waals surface area (Å²) in [5, 5.41) is 4.27. The summed E-state index contributed by atoms with van der Waals surface area (Å²) in [6, 6.07) is 18.6. The van der Waals surface area contributed by atoms with Gasteiger partial charge in [-0.25, -0.2) is 4.98 Å². The molecule has 49 heavy (non-hydrogen) atoms. The SMILES string of the molecule is Cc1cc(N2CCOCC2)c2cccc(OCc3c(Cl)ccc(N(C)C(=O)CNC(=O)/C=C/c4ccc(N5CCCC5=O)cc4)c3Cl)c2n1. The Balaban J connectivity index is 1.09. The number of morpholine rings is 1. The quantitative estimate of drug-likeness (QED) is 0.197. The fourth-order valence-electron chi connectivity index (χ4n) is 5.97. The minimum atomic E-state index is -0.424. The summed E-state index contributed by atoms with van der Waals surface area (Å²) in [5.41, 5.74) is 5.28. The lowest BCUT2D eigenvalue weighted by molar-refractivity contribution is -0.122. The zero-order valence-electron chi connectivity index (χ0n) is 27.4. The Hall–Kier alpha value is -4.64. The van der Waals surface area contributed by atoms with Gasteiger partial charge < -0.3 is 29.5 Å².